The molecule has 0 spiro atoms. The summed E-state index contributed by atoms with van der Waals surface area (Å²) in [6.45, 7) is 2.13. The van der Waals surface area contributed by atoms with Gasteiger partial charge in [0.25, 0.3) is 0 Å². The molecule has 0 radical (unpaired) electrons. The third-order valence-electron chi connectivity index (χ3n) is 3.15. The number of aryl methyl sites for hydroxylation is 1. The van der Waals surface area contributed by atoms with Crippen molar-refractivity contribution in [3.8, 4) is 0 Å². The van der Waals surface area contributed by atoms with Gasteiger partial charge in [-0.05, 0) is 29.0 Å². The standard InChI is InChI=1S/C15H19NO2S2/c1-2-4-12-6-8-13(9-7-12)14(16)11-20(17,18)15-5-3-10-19-15/h3,5-10,14H,2,4,11,16H2,1H3. The fourth-order valence-corrected chi connectivity index (χ4v) is 4.60. The van der Waals surface area contributed by atoms with Gasteiger partial charge in [0.15, 0.2) is 9.84 Å². The Morgan fingerprint density at radius 2 is 1.90 bits per heavy atom. The minimum absolute atomic E-state index is 0.0549. The molecule has 2 N–H and O–H groups in total. The van der Waals surface area contributed by atoms with Crippen LogP contribution in [0.2, 0.25) is 0 Å². The number of thiophene rings is 1. The first-order valence-electron chi connectivity index (χ1n) is 6.63. The van der Waals surface area contributed by atoms with Gasteiger partial charge < -0.3 is 5.73 Å². The van der Waals surface area contributed by atoms with Gasteiger partial charge in [-0.25, -0.2) is 8.42 Å². The molecule has 0 fully saturated rings. The summed E-state index contributed by atoms with van der Waals surface area (Å²) in [7, 11) is -3.29. The van der Waals surface area contributed by atoms with Crippen LogP contribution in [-0.4, -0.2) is 14.2 Å². The first-order valence-corrected chi connectivity index (χ1v) is 9.17. The van der Waals surface area contributed by atoms with Gasteiger partial charge in [0.1, 0.15) is 4.21 Å². The Bertz CT molecular complexity index is 631. The quantitative estimate of drug-likeness (QED) is 0.891. The average molecular weight is 309 g/mol. The molecule has 0 aliphatic rings. The second kappa shape index (κ2) is 6.52. The van der Waals surface area contributed by atoms with Crippen LogP contribution in [0.3, 0.4) is 0 Å². The number of hydrogen-bond acceptors (Lipinski definition) is 4. The number of benzene rings is 1. The lowest BCUT2D eigenvalue weighted by atomic mass is 10.0. The van der Waals surface area contributed by atoms with Crippen LogP contribution in [0.4, 0.5) is 0 Å². The van der Waals surface area contributed by atoms with E-state index in [4.69, 9.17) is 5.73 Å². The van der Waals surface area contributed by atoms with Gasteiger partial charge >= 0.3 is 0 Å². The number of nitrogens with two attached hydrogens (primary N) is 1. The lowest BCUT2D eigenvalue weighted by molar-refractivity contribution is 0.591. The zero-order valence-electron chi connectivity index (χ0n) is 11.5. The van der Waals surface area contributed by atoms with Gasteiger partial charge in [0.2, 0.25) is 0 Å². The van der Waals surface area contributed by atoms with Gasteiger partial charge in [-0.15, -0.1) is 11.3 Å². The Morgan fingerprint density at radius 3 is 2.45 bits per heavy atom. The maximum Gasteiger partial charge on any atom is 0.189 e. The van der Waals surface area contributed by atoms with Crippen LogP contribution < -0.4 is 5.73 Å². The van der Waals surface area contributed by atoms with E-state index in [1.54, 1.807) is 17.5 Å². The molecule has 2 aromatic rings. The molecular formula is C15H19NO2S2. The summed E-state index contributed by atoms with van der Waals surface area (Å²) in [4.78, 5) is 0. The largest absolute Gasteiger partial charge is 0.323 e. The molecule has 1 aromatic heterocycles. The van der Waals surface area contributed by atoms with Crippen LogP contribution in [0.15, 0.2) is 46.0 Å². The van der Waals surface area contributed by atoms with E-state index < -0.39 is 15.9 Å². The molecule has 5 heteroatoms. The third-order valence-corrected chi connectivity index (χ3v) is 6.41. The molecule has 1 aromatic carbocycles. The van der Waals surface area contributed by atoms with E-state index in [1.807, 2.05) is 24.3 Å². The van der Waals surface area contributed by atoms with Crippen LogP contribution in [0.5, 0.6) is 0 Å². The molecule has 0 saturated carbocycles. The van der Waals surface area contributed by atoms with Crippen LogP contribution in [0.1, 0.15) is 30.5 Å². The zero-order valence-corrected chi connectivity index (χ0v) is 13.1. The minimum Gasteiger partial charge on any atom is -0.323 e. The Kier molecular flexibility index (Phi) is 4.96. The fraction of sp³-hybridized carbons (Fsp3) is 0.333. The molecule has 108 valence electrons. The van der Waals surface area contributed by atoms with Crippen molar-refractivity contribution in [1.29, 1.82) is 0 Å². The van der Waals surface area contributed by atoms with E-state index in [0.29, 0.717) is 4.21 Å². The van der Waals surface area contributed by atoms with Gasteiger partial charge in [-0.2, -0.15) is 0 Å². The summed E-state index contributed by atoms with van der Waals surface area (Å²) < 4.78 is 24.7. The molecule has 1 unspecified atom stereocenters. The summed E-state index contributed by atoms with van der Waals surface area (Å²) in [5.41, 5.74) is 8.16. The topological polar surface area (TPSA) is 60.2 Å². The highest BCUT2D eigenvalue weighted by molar-refractivity contribution is 7.93. The Labute approximate surface area is 124 Å². The molecule has 2 rings (SSSR count). The molecule has 0 bridgehead atoms. The van der Waals surface area contributed by atoms with Crippen LogP contribution in [0.25, 0.3) is 0 Å². The molecule has 0 aliphatic heterocycles. The lowest BCUT2D eigenvalue weighted by Gasteiger charge is -2.12. The van der Waals surface area contributed by atoms with E-state index in [1.165, 1.54) is 16.9 Å². The molecule has 0 aliphatic carbocycles. The molecule has 1 atom stereocenters. The van der Waals surface area contributed by atoms with Crippen molar-refractivity contribution in [2.24, 2.45) is 5.73 Å². The number of rotatable bonds is 6. The summed E-state index contributed by atoms with van der Waals surface area (Å²) in [6, 6.07) is 10.8. The monoisotopic (exact) mass is 309 g/mol. The highest BCUT2D eigenvalue weighted by atomic mass is 32.2. The Hall–Kier alpha value is -1.17. The number of sulfone groups is 1. The molecule has 0 saturated heterocycles. The zero-order chi connectivity index (χ0) is 14.6. The predicted molar refractivity (Wildman–Crippen MR) is 83.7 cm³/mol. The van der Waals surface area contributed by atoms with Crippen LogP contribution >= 0.6 is 11.3 Å². The normalized spacial score (nSPS) is 13.3. The van der Waals surface area contributed by atoms with E-state index in [9.17, 15) is 8.42 Å². The van der Waals surface area contributed by atoms with Gasteiger partial charge in [-0.1, -0.05) is 43.7 Å². The first-order chi connectivity index (χ1) is 9.53. The molecular weight excluding hydrogens is 290 g/mol. The third kappa shape index (κ3) is 3.69. The maximum absolute atomic E-state index is 12.2. The van der Waals surface area contributed by atoms with E-state index in [2.05, 4.69) is 6.92 Å². The second-order valence-corrected chi connectivity index (χ2v) is 8.02. The van der Waals surface area contributed by atoms with E-state index >= 15 is 0 Å². The minimum atomic E-state index is -3.29. The number of hydrogen-bond donors (Lipinski definition) is 1. The maximum atomic E-state index is 12.2. The van der Waals surface area contributed by atoms with Gasteiger partial charge in [0, 0.05) is 6.04 Å². The van der Waals surface area contributed by atoms with Gasteiger partial charge in [0.05, 0.1) is 5.75 Å². The smallest absolute Gasteiger partial charge is 0.189 e. The summed E-state index contributed by atoms with van der Waals surface area (Å²) in [5, 5.41) is 1.76. The van der Waals surface area contributed by atoms with Crippen molar-refractivity contribution >= 4 is 21.2 Å². The van der Waals surface area contributed by atoms with Crippen molar-refractivity contribution in [3.05, 3.63) is 52.9 Å². The van der Waals surface area contributed by atoms with Gasteiger partial charge in [-0.3, -0.25) is 0 Å². The molecule has 1 heterocycles. The van der Waals surface area contributed by atoms with Crippen LogP contribution in [-0.2, 0) is 16.3 Å². The summed E-state index contributed by atoms with van der Waals surface area (Å²) in [5.74, 6) is -0.0549. The Morgan fingerprint density at radius 1 is 1.20 bits per heavy atom. The SMILES string of the molecule is CCCc1ccc(C(N)CS(=O)(=O)c2cccs2)cc1. The van der Waals surface area contributed by atoms with Crippen LogP contribution in [0, 0.1) is 0 Å². The van der Waals surface area contributed by atoms with Crippen molar-refractivity contribution in [1.82, 2.24) is 0 Å². The second-order valence-electron chi connectivity index (χ2n) is 4.81. The molecule has 0 amide bonds. The lowest BCUT2D eigenvalue weighted by Crippen LogP contribution is -2.21. The van der Waals surface area contributed by atoms with E-state index in [-0.39, 0.29) is 5.75 Å². The highest BCUT2D eigenvalue weighted by Gasteiger charge is 2.20. The fourth-order valence-electron chi connectivity index (χ4n) is 2.08. The van der Waals surface area contributed by atoms with Crippen molar-refractivity contribution in [3.63, 3.8) is 0 Å². The molecule has 20 heavy (non-hydrogen) atoms. The van der Waals surface area contributed by atoms with Crippen molar-refractivity contribution in [2.75, 3.05) is 5.75 Å². The summed E-state index contributed by atoms with van der Waals surface area (Å²) >= 11 is 1.23. The predicted octanol–water partition coefficient (Wildman–Crippen LogP) is 3.17. The highest BCUT2D eigenvalue weighted by Crippen LogP contribution is 2.22. The van der Waals surface area contributed by atoms with Crippen molar-refractivity contribution < 1.29 is 8.42 Å². The average Bonchev–Trinajstić information content (AvgIpc) is 2.94. The Balaban J connectivity index is 2.10. The van der Waals surface area contributed by atoms with Crippen molar-refractivity contribution in [2.45, 2.75) is 30.0 Å². The van der Waals surface area contributed by atoms with E-state index in [0.717, 1.165) is 18.4 Å². The molecule has 3 nitrogen and oxygen atoms in total. The summed E-state index contributed by atoms with van der Waals surface area (Å²) in [6.07, 6.45) is 2.13. The first kappa shape index (κ1) is 15.2.